The zero-order valence-corrected chi connectivity index (χ0v) is 14.6. The number of furan rings is 1. The Morgan fingerprint density at radius 1 is 1.22 bits per heavy atom. The van der Waals surface area contributed by atoms with Crippen molar-refractivity contribution in [3.8, 4) is 0 Å². The topological polar surface area (TPSA) is 45.5 Å². The number of carbonyl (C=O) groups is 1. The van der Waals surface area contributed by atoms with Gasteiger partial charge in [-0.15, -0.1) is 0 Å². The predicted molar refractivity (Wildman–Crippen MR) is 91.7 cm³/mol. The predicted octanol–water partition coefficient (Wildman–Crippen LogP) is 3.67. The minimum atomic E-state index is 0.0175. The van der Waals surface area contributed by atoms with Crippen molar-refractivity contribution in [3.05, 3.63) is 23.2 Å². The van der Waals surface area contributed by atoms with Crippen LogP contribution in [0.25, 0.3) is 0 Å². The van der Waals surface area contributed by atoms with Gasteiger partial charge < -0.3 is 14.6 Å². The molecule has 1 aliphatic carbocycles. The van der Waals surface area contributed by atoms with E-state index in [0.29, 0.717) is 5.56 Å². The Balaban J connectivity index is 1.51. The van der Waals surface area contributed by atoms with Crippen LogP contribution in [-0.2, 0) is 0 Å². The van der Waals surface area contributed by atoms with E-state index in [4.69, 9.17) is 4.42 Å². The Kier molecular flexibility index (Phi) is 5.42. The second-order valence-electron chi connectivity index (χ2n) is 7.40. The van der Waals surface area contributed by atoms with Crippen molar-refractivity contribution in [2.45, 2.75) is 64.8 Å². The minimum Gasteiger partial charge on any atom is -0.466 e. The summed E-state index contributed by atoms with van der Waals surface area (Å²) in [4.78, 5) is 15.0. The van der Waals surface area contributed by atoms with Crippen LogP contribution in [0.3, 0.4) is 0 Å². The van der Waals surface area contributed by atoms with E-state index in [1.807, 2.05) is 19.9 Å². The maximum Gasteiger partial charge on any atom is 0.255 e. The number of aryl methyl sites for hydroxylation is 2. The third-order valence-electron chi connectivity index (χ3n) is 5.37. The second-order valence-corrected chi connectivity index (χ2v) is 7.40. The molecule has 1 aliphatic heterocycles. The van der Waals surface area contributed by atoms with Gasteiger partial charge in [0.1, 0.15) is 11.5 Å². The number of likely N-dealkylation sites (tertiary alicyclic amines) is 1. The zero-order chi connectivity index (χ0) is 16.2. The van der Waals surface area contributed by atoms with Crippen LogP contribution in [0.15, 0.2) is 10.5 Å². The molecule has 3 rings (SSSR count). The molecule has 1 saturated carbocycles. The summed E-state index contributed by atoms with van der Waals surface area (Å²) in [5.41, 5.74) is 0.687. The van der Waals surface area contributed by atoms with Crippen LogP contribution in [0.4, 0.5) is 0 Å². The highest BCUT2D eigenvalue weighted by Crippen LogP contribution is 2.25. The van der Waals surface area contributed by atoms with Crippen LogP contribution in [0.5, 0.6) is 0 Å². The molecule has 1 atom stereocenters. The molecule has 1 N–H and O–H groups in total. The van der Waals surface area contributed by atoms with Gasteiger partial charge in [0.05, 0.1) is 5.56 Å². The summed E-state index contributed by atoms with van der Waals surface area (Å²) < 4.78 is 5.48. The maximum absolute atomic E-state index is 12.5. The lowest BCUT2D eigenvalue weighted by Gasteiger charge is -2.36. The van der Waals surface area contributed by atoms with E-state index in [2.05, 4.69) is 10.2 Å². The van der Waals surface area contributed by atoms with Crippen LogP contribution in [0, 0.1) is 19.8 Å². The molecular weight excluding hydrogens is 288 g/mol. The van der Waals surface area contributed by atoms with Gasteiger partial charge in [0.25, 0.3) is 5.91 Å². The Morgan fingerprint density at radius 3 is 2.70 bits per heavy atom. The lowest BCUT2D eigenvalue weighted by molar-refractivity contribution is 0.0888. The molecule has 4 nitrogen and oxygen atoms in total. The Hall–Kier alpha value is -1.29. The van der Waals surface area contributed by atoms with Gasteiger partial charge >= 0.3 is 0 Å². The molecule has 1 unspecified atom stereocenters. The summed E-state index contributed by atoms with van der Waals surface area (Å²) in [6.45, 7) is 7.15. The molecule has 2 heterocycles. The molecule has 0 spiro atoms. The molecule has 1 aromatic heterocycles. The van der Waals surface area contributed by atoms with E-state index in [0.717, 1.165) is 30.4 Å². The van der Waals surface area contributed by atoms with Gasteiger partial charge in [-0.1, -0.05) is 19.3 Å². The van der Waals surface area contributed by atoms with Gasteiger partial charge in [0, 0.05) is 19.1 Å². The summed E-state index contributed by atoms with van der Waals surface area (Å²) in [6, 6.07) is 2.11. The number of piperidine rings is 1. The number of carbonyl (C=O) groups excluding carboxylic acids is 1. The molecule has 2 aliphatic rings. The lowest BCUT2D eigenvalue weighted by atomic mass is 9.88. The molecule has 0 radical (unpaired) electrons. The summed E-state index contributed by atoms with van der Waals surface area (Å²) in [5, 5.41) is 3.22. The Morgan fingerprint density at radius 2 is 2.00 bits per heavy atom. The van der Waals surface area contributed by atoms with E-state index in [9.17, 15) is 4.79 Å². The zero-order valence-electron chi connectivity index (χ0n) is 14.6. The third kappa shape index (κ3) is 4.37. The van der Waals surface area contributed by atoms with Gasteiger partial charge in [-0.05, 0) is 58.1 Å². The van der Waals surface area contributed by atoms with Crippen LogP contribution < -0.4 is 5.32 Å². The second kappa shape index (κ2) is 7.52. The van der Waals surface area contributed by atoms with E-state index in [1.165, 1.54) is 51.6 Å². The molecule has 4 heteroatoms. The van der Waals surface area contributed by atoms with E-state index in [1.54, 1.807) is 0 Å². The molecule has 1 saturated heterocycles. The Bertz CT molecular complexity index is 531. The average Bonchev–Trinajstić information content (AvgIpc) is 2.87. The highest BCUT2D eigenvalue weighted by Gasteiger charge is 2.25. The first-order chi connectivity index (χ1) is 11.1. The average molecular weight is 318 g/mol. The van der Waals surface area contributed by atoms with E-state index >= 15 is 0 Å². The molecule has 0 aromatic carbocycles. The van der Waals surface area contributed by atoms with Gasteiger partial charge in [0.2, 0.25) is 0 Å². The highest BCUT2D eigenvalue weighted by atomic mass is 16.3. The van der Waals surface area contributed by atoms with Crippen LogP contribution in [0.1, 0.15) is 66.8 Å². The maximum atomic E-state index is 12.5. The number of nitrogens with one attached hydrogen (secondary N) is 1. The van der Waals surface area contributed by atoms with E-state index < -0.39 is 0 Å². The van der Waals surface area contributed by atoms with Crippen molar-refractivity contribution in [1.82, 2.24) is 10.2 Å². The summed E-state index contributed by atoms with van der Waals surface area (Å²) in [6.07, 6.45) is 9.26. The fourth-order valence-corrected chi connectivity index (χ4v) is 4.19. The van der Waals surface area contributed by atoms with Crippen LogP contribution in [0.2, 0.25) is 0 Å². The molecule has 128 valence electrons. The van der Waals surface area contributed by atoms with Crippen molar-refractivity contribution < 1.29 is 9.21 Å². The fraction of sp³-hybridized carbons (Fsp3) is 0.737. The largest absolute Gasteiger partial charge is 0.466 e. The standard InChI is InChI=1S/C19H30N2O2/c1-14-11-18(15(2)23-14)19(22)20-17-9-6-10-21(13-17)12-16-7-4-3-5-8-16/h11,16-17H,3-10,12-13H2,1-2H3,(H,20,22). The number of rotatable bonds is 4. The van der Waals surface area contributed by atoms with Crippen molar-refractivity contribution in [2.24, 2.45) is 5.92 Å². The van der Waals surface area contributed by atoms with E-state index in [-0.39, 0.29) is 11.9 Å². The first kappa shape index (κ1) is 16.6. The SMILES string of the molecule is Cc1cc(C(=O)NC2CCCN(CC3CCCCC3)C2)c(C)o1. The van der Waals surface area contributed by atoms with Crippen LogP contribution >= 0.6 is 0 Å². The minimum absolute atomic E-state index is 0.0175. The highest BCUT2D eigenvalue weighted by molar-refractivity contribution is 5.95. The molecular formula is C19H30N2O2. The van der Waals surface area contributed by atoms with Crippen molar-refractivity contribution >= 4 is 5.91 Å². The number of nitrogens with zero attached hydrogens (tertiary/aromatic N) is 1. The number of hydrogen-bond acceptors (Lipinski definition) is 3. The van der Waals surface area contributed by atoms with Gasteiger partial charge in [-0.2, -0.15) is 0 Å². The molecule has 23 heavy (non-hydrogen) atoms. The summed E-state index contributed by atoms with van der Waals surface area (Å²) in [7, 11) is 0. The summed E-state index contributed by atoms with van der Waals surface area (Å²) in [5.74, 6) is 2.41. The van der Waals surface area contributed by atoms with Crippen LogP contribution in [-0.4, -0.2) is 36.5 Å². The third-order valence-corrected chi connectivity index (χ3v) is 5.37. The fourth-order valence-electron chi connectivity index (χ4n) is 4.19. The number of amides is 1. The molecule has 0 bridgehead atoms. The summed E-state index contributed by atoms with van der Waals surface area (Å²) >= 11 is 0. The van der Waals surface area contributed by atoms with Gasteiger partial charge in [0.15, 0.2) is 0 Å². The van der Waals surface area contributed by atoms with Crippen molar-refractivity contribution in [1.29, 1.82) is 0 Å². The van der Waals surface area contributed by atoms with Gasteiger partial charge in [-0.3, -0.25) is 4.79 Å². The Labute approximate surface area is 139 Å². The first-order valence-corrected chi connectivity index (χ1v) is 9.22. The van der Waals surface area contributed by atoms with Gasteiger partial charge in [-0.25, -0.2) is 0 Å². The normalized spacial score (nSPS) is 23.8. The smallest absolute Gasteiger partial charge is 0.255 e. The molecule has 2 fully saturated rings. The lowest BCUT2D eigenvalue weighted by Crippen LogP contribution is -2.49. The monoisotopic (exact) mass is 318 g/mol. The first-order valence-electron chi connectivity index (χ1n) is 9.22. The molecule has 1 aromatic rings. The molecule has 1 amide bonds. The number of hydrogen-bond donors (Lipinski definition) is 1. The quantitative estimate of drug-likeness (QED) is 0.921. The van der Waals surface area contributed by atoms with Crippen molar-refractivity contribution in [3.63, 3.8) is 0 Å². The van der Waals surface area contributed by atoms with Crippen molar-refractivity contribution in [2.75, 3.05) is 19.6 Å².